The van der Waals surface area contributed by atoms with Gasteiger partial charge >= 0.3 is 0 Å². The summed E-state index contributed by atoms with van der Waals surface area (Å²) in [4.78, 5) is 16.2. The van der Waals surface area contributed by atoms with E-state index in [0.717, 1.165) is 17.3 Å². The van der Waals surface area contributed by atoms with E-state index >= 15 is 0 Å². The molecule has 0 bridgehead atoms. The Morgan fingerprint density at radius 3 is 2.74 bits per heavy atom. The first-order chi connectivity index (χ1) is 13.0. The van der Waals surface area contributed by atoms with Gasteiger partial charge in [0.25, 0.3) is 0 Å². The number of H-pyrrole nitrogens is 1. The molecule has 138 valence electrons. The van der Waals surface area contributed by atoms with E-state index in [2.05, 4.69) is 20.5 Å². The van der Waals surface area contributed by atoms with E-state index in [1.54, 1.807) is 24.3 Å². The Kier molecular flexibility index (Phi) is 6.20. The van der Waals surface area contributed by atoms with Crippen LogP contribution < -0.4 is 5.32 Å². The van der Waals surface area contributed by atoms with Crippen LogP contribution in [-0.4, -0.2) is 26.8 Å². The number of hydrogen-bond acceptors (Lipinski definition) is 4. The fourth-order valence-electron chi connectivity index (χ4n) is 2.06. The highest BCUT2D eigenvalue weighted by molar-refractivity contribution is 7.99. The quantitative estimate of drug-likeness (QED) is 0.585. The molecule has 2 aromatic carbocycles. The number of carbonyl (C=O) groups is 1. The van der Waals surface area contributed by atoms with E-state index in [0.29, 0.717) is 16.0 Å². The van der Waals surface area contributed by atoms with Crippen molar-refractivity contribution in [3.63, 3.8) is 0 Å². The third-order valence-electron chi connectivity index (χ3n) is 3.32. The van der Waals surface area contributed by atoms with E-state index in [-0.39, 0.29) is 17.3 Å². The van der Waals surface area contributed by atoms with Gasteiger partial charge in [-0.1, -0.05) is 41.6 Å². The molecule has 3 aromatic rings. The SMILES string of the molecule is O=C(CSc1n[nH]c(/C=C/c2ccc(F)cc2)n1)Nc1cc(Cl)ccc1F. The van der Waals surface area contributed by atoms with Gasteiger partial charge in [-0.25, -0.2) is 13.8 Å². The molecule has 0 atom stereocenters. The molecule has 3 rings (SSSR count). The van der Waals surface area contributed by atoms with Crippen LogP contribution in [0.4, 0.5) is 14.5 Å². The molecule has 0 saturated carbocycles. The summed E-state index contributed by atoms with van der Waals surface area (Å²) >= 11 is 6.88. The van der Waals surface area contributed by atoms with E-state index in [1.165, 1.54) is 30.3 Å². The van der Waals surface area contributed by atoms with Crippen molar-refractivity contribution in [3.05, 3.63) is 70.5 Å². The van der Waals surface area contributed by atoms with Gasteiger partial charge in [0.1, 0.15) is 17.5 Å². The zero-order valence-electron chi connectivity index (χ0n) is 13.7. The number of anilines is 1. The van der Waals surface area contributed by atoms with Gasteiger partial charge in [-0.15, -0.1) is 5.10 Å². The lowest BCUT2D eigenvalue weighted by Gasteiger charge is -2.05. The van der Waals surface area contributed by atoms with Crippen LogP contribution in [-0.2, 0) is 4.79 Å². The van der Waals surface area contributed by atoms with Crippen LogP contribution >= 0.6 is 23.4 Å². The number of hydrogen-bond donors (Lipinski definition) is 2. The van der Waals surface area contributed by atoms with E-state index in [1.807, 2.05) is 0 Å². The van der Waals surface area contributed by atoms with Crippen LogP contribution in [0.5, 0.6) is 0 Å². The number of aromatic amines is 1. The molecule has 1 heterocycles. The van der Waals surface area contributed by atoms with Crippen molar-refractivity contribution in [2.45, 2.75) is 5.16 Å². The van der Waals surface area contributed by atoms with Crippen molar-refractivity contribution in [3.8, 4) is 0 Å². The number of thioether (sulfide) groups is 1. The minimum Gasteiger partial charge on any atom is -0.323 e. The van der Waals surface area contributed by atoms with Crippen molar-refractivity contribution in [1.82, 2.24) is 15.2 Å². The number of benzene rings is 2. The number of nitrogens with one attached hydrogen (secondary N) is 2. The topological polar surface area (TPSA) is 70.7 Å². The number of rotatable bonds is 6. The lowest BCUT2D eigenvalue weighted by Crippen LogP contribution is -2.15. The Morgan fingerprint density at radius 1 is 1.19 bits per heavy atom. The maximum atomic E-state index is 13.6. The van der Waals surface area contributed by atoms with Gasteiger partial charge in [-0.05, 0) is 42.0 Å². The number of aromatic nitrogens is 3. The second-order valence-electron chi connectivity index (χ2n) is 5.35. The summed E-state index contributed by atoms with van der Waals surface area (Å²) in [7, 11) is 0. The van der Waals surface area contributed by atoms with Crippen molar-refractivity contribution < 1.29 is 13.6 Å². The monoisotopic (exact) mass is 406 g/mol. The standard InChI is InChI=1S/C18H13ClF2N4OS/c19-12-4-7-14(21)15(9-12)22-17(26)10-27-18-23-16(24-25-18)8-3-11-1-5-13(20)6-2-11/h1-9H,10H2,(H,22,26)(H,23,24,25)/b8-3+. The van der Waals surface area contributed by atoms with E-state index in [9.17, 15) is 13.6 Å². The van der Waals surface area contributed by atoms with Gasteiger partial charge in [0.2, 0.25) is 11.1 Å². The van der Waals surface area contributed by atoms with Crippen LogP contribution in [0, 0.1) is 11.6 Å². The normalized spacial score (nSPS) is 11.1. The summed E-state index contributed by atoms with van der Waals surface area (Å²) in [5.74, 6) is -0.784. The average Bonchev–Trinajstić information content (AvgIpc) is 3.10. The van der Waals surface area contributed by atoms with Gasteiger partial charge in [0, 0.05) is 5.02 Å². The molecule has 27 heavy (non-hydrogen) atoms. The Morgan fingerprint density at radius 2 is 1.96 bits per heavy atom. The number of halogens is 3. The van der Waals surface area contributed by atoms with Gasteiger partial charge in [0.05, 0.1) is 11.4 Å². The molecule has 0 fully saturated rings. The summed E-state index contributed by atoms with van der Waals surface area (Å²) in [5.41, 5.74) is 0.830. The Balaban J connectivity index is 1.54. The third-order valence-corrected chi connectivity index (χ3v) is 4.40. The Hall–Kier alpha value is -2.71. The molecule has 0 aliphatic heterocycles. The van der Waals surface area contributed by atoms with Crippen LogP contribution in [0.15, 0.2) is 47.6 Å². The fourth-order valence-corrected chi connectivity index (χ4v) is 2.83. The first-order valence-electron chi connectivity index (χ1n) is 7.73. The number of amides is 1. The maximum absolute atomic E-state index is 13.6. The van der Waals surface area contributed by atoms with E-state index in [4.69, 9.17) is 11.6 Å². The Bertz CT molecular complexity index is 976. The van der Waals surface area contributed by atoms with Gasteiger partial charge in [-0.3, -0.25) is 9.89 Å². The van der Waals surface area contributed by atoms with Crippen LogP contribution in [0.25, 0.3) is 12.2 Å². The van der Waals surface area contributed by atoms with Gasteiger partial charge in [0.15, 0.2) is 0 Å². The molecule has 0 unspecified atom stereocenters. The molecular weight excluding hydrogens is 394 g/mol. The molecule has 2 N–H and O–H groups in total. The second-order valence-corrected chi connectivity index (χ2v) is 6.73. The molecule has 0 aliphatic carbocycles. The maximum Gasteiger partial charge on any atom is 0.234 e. The molecule has 0 saturated heterocycles. The zero-order valence-corrected chi connectivity index (χ0v) is 15.3. The lowest BCUT2D eigenvalue weighted by atomic mass is 10.2. The first-order valence-corrected chi connectivity index (χ1v) is 9.10. The van der Waals surface area contributed by atoms with Crippen molar-refractivity contribution >= 4 is 47.1 Å². The summed E-state index contributed by atoms with van der Waals surface area (Å²) in [6.07, 6.45) is 3.44. The zero-order chi connectivity index (χ0) is 19.2. The van der Waals surface area contributed by atoms with Gasteiger partial charge in [-0.2, -0.15) is 0 Å². The smallest absolute Gasteiger partial charge is 0.234 e. The second kappa shape index (κ2) is 8.79. The fraction of sp³-hybridized carbons (Fsp3) is 0.0556. The molecule has 1 aromatic heterocycles. The highest BCUT2D eigenvalue weighted by atomic mass is 35.5. The van der Waals surface area contributed by atoms with Crippen molar-refractivity contribution in [2.75, 3.05) is 11.1 Å². The summed E-state index contributed by atoms with van der Waals surface area (Å²) in [6, 6.07) is 9.92. The summed E-state index contributed by atoms with van der Waals surface area (Å²) < 4.78 is 26.5. The molecule has 9 heteroatoms. The van der Waals surface area contributed by atoms with Crippen LogP contribution in [0.2, 0.25) is 5.02 Å². The minimum atomic E-state index is -0.566. The molecule has 0 aliphatic rings. The Labute approximate surface area is 162 Å². The lowest BCUT2D eigenvalue weighted by molar-refractivity contribution is -0.113. The minimum absolute atomic E-state index is 0.00488. The number of nitrogens with zero attached hydrogens (tertiary/aromatic N) is 2. The summed E-state index contributed by atoms with van der Waals surface area (Å²) in [6.45, 7) is 0. The molecule has 1 amide bonds. The molecule has 0 spiro atoms. The summed E-state index contributed by atoms with van der Waals surface area (Å²) in [5, 5.41) is 9.86. The van der Waals surface area contributed by atoms with Crippen molar-refractivity contribution in [2.24, 2.45) is 0 Å². The molecule has 5 nitrogen and oxygen atoms in total. The first kappa shape index (κ1) is 19.1. The average molecular weight is 407 g/mol. The predicted octanol–water partition coefficient (Wildman–Crippen LogP) is 4.64. The predicted molar refractivity (Wildman–Crippen MR) is 102 cm³/mol. The molecule has 0 radical (unpaired) electrons. The third kappa shape index (κ3) is 5.63. The van der Waals surface area contributed by atoms with E-state index < -0.39 is 11.7 Å². The largest absolute Gasteiger partial charge is 0.323 e. The van der Waals surface area contributed by atoms with Crippen LogP contribution in [0.3, 0.4) is 0 Å². The van der Waals surface area contributed by atoms with Crippen LogP contribution in [0.1, 0.15) is 11.4 Å². The highest BCUT2D eigenvalue weighted by Gasteiger charge is 2.10. The van der Waals surface area contributed by atoms with Crippen molar-refractivity contribution in [1.29, 1.82) is 0 Å². The highest BCUT2D eigenvalue weighted by Crippen LogP contribution is 2.20. The number of carbonyl (C=O) groups excluding carboxylic acids is 1. The molecular formula is C18H13ClF2N4OS. The van der Waals surface area contributed by atoms with Gasteiger partial charge < -0.3 is 5.32 Å².